The number of carbonyl (C=O) groups is 5. The Morgan fingerprint density at radius 1 is 0.759 bits per heavy atom. The van der Waals surface area contributed by atoms with Gasteiger partial charge in [-0.15, -0.1) is 0 Å². The van der Waals surface area contributed by atoms with Crippen LogP contribution >= 0.6 is 47.0 Å². The summed E-state index contributed by atoms with van der Waals surface area (Å²) in [5, 5.41) is 13.2. The Bertz CT molecular complexity index is 1810. The minimum Gasteiger partial charge on any atom is -0.457 e. The van der Waals surface area contributed by atoms with E-state index in [0.29, 0.717) is 36.9 Å². The summed E-state index contributed by atoms with van der Waals surface area (Å²) in [7, 11) is 0. The molecule has 1 aromatic carbocycles. The number of amides is 2. The van der Waals surface area contributed by atoms with Crippen LogP contribution in [0.1, 0.15) is 121 Å². The van der Waals surface area contributed by atoms with Gasteiger partial charge in [0.25, 0.3) is 11.8 Å². The highest BCUT2D eigenvalue weighted by atomic mass is 32.2. The smallest absolute Gasteiger partial charge is 0.350 e. The van der Waals surface area contributed by atoms with Gasteiger partial charge >= 0.3 is 17.9 Å². The lowest BCUT2D eigenvalue weighted by Crippen LogP contribution is -2.42. The Kier molecular flexibility index (Phi) is 16.6. The number of benzene rings is 1. The van der Waals surface area contributed by atoms with E-state index in [1.165, 1.54) is 16.1 Å². The Morgan fingerprint density at radius 3 is 1.53 bits per heavy atom. The van der Waals surface area contributed by atoms with E-state index in [0.717, 1.165) is 85.6 Å². The van der Waals surface area contributed by atoms with Crippen LogP contribution in [0, 0.1) is 34.0 Å². The molecule has 0 bridgehead atoms. The van der Waals surface area contributed by atoms with E-state index >= 15 is 0 Å². The Morgan fingerprint density at radius 2 is 1.17 bits per heavy atom. The summed E-state index contributed by atoms with van der Waals surface area (Å²) >= 11 is 4.34. The molecule has 0 N–H and O–H groups in total. The first-order valence-corrected chi connectivity index (χ1v) is 23.2. The third-order valence-corrected chi connectivity index (χ3v) is 14.3. The van der Waals surface area contributed by atoms with Crippen molar-refractivity contribution in [3.8, 4) is 17.6 Å². The molecule has 58 heavy (non-hydrogen) atoms. The first kappa shape index (κ1) is 47.4. The minimum atomic E-state index is -0.851. The Hall–Kier alpha value is -3.32. The van der Waals surface area contributed by atoms with Gasteiger partial charge in [-0.1, -0.05) is 142 Å². The van der Waals surface area contributed by atoms with Crippen LogP contribution in [0.15, 0.2) is 51.9 Å². The Balaban J connectivity index is 1.92. The first-order chi connectivity index (χ1) is 27.2. The highest BCUT2D eigenvalue weighted by molar-refractivity contribution is 8.26. The predicted octanol–water partition coefficient (Wildman–Crippen LogP) is 10.7. The van der Waals surface area contributed by atoms with Gasteiger partial charge in [-0.3, -0.25) is 19.2 Å². The molecule has 1 aromatic rings. The molecule has 3 aliphatic heterocycles. The summed E-state index contributed by atoms with van der Waals surface area (Å²) in [5.74, 6) is -2.36. The van der Waals surface area contributed by atoms with Crippen molar-refractivity contribution < 1.29 is 38.2 Å². The number of nitriles is 1. The molecule has 2 atom stereocenters. The number of hydrogen-bond donors (Lipinski definition) is 0. The fourth-order valence-corrected chi connectivity index (χ4v) is 12.5. The molecule has 0 aliphatic carbocycles. The summed E-state index contributed by atoms with van der Waals surface area (Å²) in [6.45, 7) is 24.9. The van der Waals surface area contributed by atoms with Crippen molar-refractivity contribution in [3.63, 3.8) is 0 Å². The molecule has 1 saturated heterocycles. The molecule has 1 fully saturated rings. The van der Waals surface area contributed by atoms with Gasteiger partial charge < -0.3 is 14.2 Å². The standard InChI is InChI=1S/C43H57N3O8S4/c1-12-15-17-45-37(49)30(38(50)46(45)18-16-13-2)41-57-35-31(53-28(47)20-25(4)22-42(6,7)8)33-34(56-40(55-33)27(24-44)39(51)52-19-14-3)32(36(35)58-41)54-29(48)21-26(5)23-43(9,10)11/h14,25-26H,3,12-13,15-23H2,1-2,4-11H3. The molecule has 11 nitrogen and oxygen atoms in total. The second kappa shape index (κ2) is 20.3. The van der Waals surface area contributed by atoms with Crippen molar-refractivity contribution >= 4 is 76.8 Å². The van der Waals surface area contributed by atoms with E-state index in [-0.39, 0.29) is 69.0 Å². The van der Waals surface area contributed by atoms with Gasteiger partial charge in [0.1, 0.15) is 18.2 Å². The van der Waals surface area contributed by atoms with Crippen molar-refractivity contribution in [2.24, 2.45) is 22.7 Å². The summed E-state index contributed by atoms with van der Waals surface area (Å²) in [6, 6.07) is 1.96. The zero-order valence-electron chi connectivity index (χ0n) is 35.5. The van der Waals surface area contributed by atoms with Crippen LogP contribution in [0.5, 0.6) is 11.5 Å². The molecule has 15 heteroatoms. The van der Waals surface area contributed by atoms with Crippen molar-refractivity contribution in [1.82, 2.24) is 10.0 Å². The third-order valence-electron chi connectivity index (χ3n) is 9.09. The quantitative estimate of drug-likeness (QED) is 0.0366. The second-order valence-electron chi connectivity index (χ2n) is 17.4. The maximum Gasteiger partial charge on any atom is 0.350 e. The lowest BCUT2D eigenvalue weighted by Gasteiger charge is -2.27. The summed E-state index contributed by atoms with van der Waals surface area (Å²) in [5.41, 5.74) is -0.294. The molecule has 2 amide bonds. The number of rotatable bonds is 17. The van der Waals surface area contributed by atoms with E-state index in [4.69, 9.17) is 14.2 Å². The molecule has 0 spiro atoms. The molecule has 316 valence electrons. The molecule has 2 unspecified atom stereocenters. The van der Waals surface area contributed by atoms with Crippen molar-refractivity contribution in [2.45, 2.75) is 140 Å². The lowest BCUT2D eigenvalue weighted by molar-refractivity contribution is -0.147. The lowest BCUT2D eigenvalue weighted by atomic mass is 9.84. The number of hydrogen-bond acceptors (Lipinski definition) is 13. The van der Waals surface area contributed by atoms with Crippen LogP contribution in [-0.4, -0.2) is 59.4 Å². The van der Waals surface area contributed by atoms with Gasteiger partial charge in [-0.2, -0.15) is 5.26 Å². The molecule has 0 saturated carbocycles. The van der Waals surface area contributed by atoms with Crippen LogP contribution in [0.3, 0.4) is 0 Å². The summed E-state index contributed by atoms with van der Waals surface area (Å²) < 4.78 is 18.4. The molecule has 0 aromatic heterocycles. The number of hydrazine groups is 1. The minimum absolute atomic E-state index is 0.0112. The maximum absolute atomic E-state index is 14.1. The number of carbonyl (C=O) groups excluding carboxylic acids is 5. The highest BCUT2D eigenvalue weighted by Gasteiger charge is 2.47. The SMILES string of the molecule is C=CCOC(=O)C(C#N)=C1Sc2c(OC(=O)CC(C)CC(C)(C)C)c3c(c(OC(=O)CC(C)CC(C)(C)C)c2S1)SC(=C1C(=O)N(CCCC)N(CCCC)C1=O)S3. The monoisotopic (exact) mass is 871 g/mol. The van der Waals surface area contributed by atoms with E-state index < -0.39 is 29.7 Å². The van der Waals surface area contributed by atoms with Crippen LogP contribution in [0.4, 0.5) is 0 Å². The van der Waals surface area contributed by atoms with Gasteiger partial charge in [0.05, 0.1) is 28.1 Å². The highest BCUT2D eigenvalue weighted by Crippen LogP contribution is 2.68. The van der Waals surface area contributed by atoms with Crippen LogP contribution < -0.4 is 9.47 Å². The fraction of sp³-hybridized carbons (Fsp3) is 0.581. The number of unbranched alkanes of at least 4 members (excludes halogenated alkanes) is 2. The summed E-state index contributed by atoms with van der Waals surface area (Å²) in [4.78, 5) is 70.5. The number of nitrogens with zero attached hydrogens (tertiary/aromatic N) is 3. The van der Waals surface area contributed by atoms with E-state index in [2.05, 4.69) is 48.1 Å². The van der Waals surface area contributed by atoms with Gasteiger partial charge in [0.15, 0.2) is 17.1 Å². The van der Waals surface area contributed by atoms with Crippen molar-refractivity contribution in [3.05, 3.63) is 32.3 Å². The van der Waals surface area contributed by atoms with E-state index in [1.807, 2.05) is 33.8 Å². The van der Waals surface area contributed by atoms with E-state index in [1.54, 1.807) is 0 Å². The molecular formula is C43H57N3O8S4. The van der Waals surface area contributed by atoms with Crippen molar-refractivity contribution in [2.75, 3.05) is 19.7 Å². The van der Waals surface area contributed by atoms with Gasteiger partial charge in [-0.05, 0) is 48.3 Å². The van der Waals surface area contributed by atoms with Gasteiger partial charge in [-0.25, -0.2) is 14.8 Å². The molecular weight excluding hydrogens is 815 g/mol. The van der Waals surface area contributed by atoms with Crippen LogP contribution in [0.2, 0.25) is 0 Å². The topological polar surface area (TPSA) is 143 Å². The molecule has 4 rings (SSSR count). The van der Waals surface area contributed by atoms with Crippen molar-refractivity contribution in [1.29, 1.82) is 5.26 Å². The second-order valence-corrected chi connectivity index (χ2v) is 22.0. The number of thioether (sulfide) groups is 4. The zero-order valence-corrected chi connectivity index (χ0v) is 38.7. The fourth-order valence-electron chi connectivity index (χ4n) is 7.09. The van der Waals surface area contributed by atoms with Gasteiger partial charge in [0.2, 0.25) is 0 Å². The number of ether oxygens (including phenoxy) is 3. The average molecular weight is 872 g/mol. The third kappa shape index (κ3) is 11.9. The molecule has 3 heterocycles. The normalized spacial score (nSPS) is 16.3. The maximum atomic E-state index is 14.1. The Labute approximate surface area is 360 Å². The number of esters is 3. The van der Waals surface area contributed by atoms with Crippen LogP contribution in [-0.2, 0) is 28.7 Å². The summed E-state index contributed by atoms with van der Waals surface area (Å²) in [6.07, 6.45) is 6.27. The average Bonchev–Trinajstić information content (AvgIpc) is 3.79. The van der Waals surface area contributed by atoms with E-state index in [9.17, 15) is 29.2 Å². The largest absolute Gasteiger partial charge is 0.457 e. The number of fused-ring (bicyclic) bond motifs is 2. The first-order valence-electron chi connectivity index (χ1n) is 19.9. The van der Waals surface area contributed by atoms with Crippen LogP contribution in [0.25, 0.3) is 0 Å². The molecule has 0 radical (unpaired) electrons. The zero-order chi connectivity index (χ0) is 43.1. The van der Waals surface area contributed by atoms with Gasteiger partial charge in [0, 0.05) is 25.9 Å². The molecule has 3 aliphatic rings. The predicted molar refractivity (Wildman–Crippen MR) is 231 cm³/mol.